The van der Waals surface area contributed by atoms with E-state index in [4.69, 9.17) is 16.3 Å². The Balaban J connectivity index is 2.41. The van der Waals surface area contributed by atoms with Gasteiger partial charge in [-0.05, 0) is 18.6 Å². The van der Waals surface area contributed by atoms with E-state index in [1.165, 1.54) is 12.1 Å². The summed E-state index contributed by atoms with van der Waals surface area (Å²) in [6, 6.07) is 3.94. The fraction of sp³-hybridized carbons (Fsp3) is 0.385. The maximum absolute atomic E-state index is 13.5. The number of nitrogens with one attached hydrogen (secondary N) is 2. The third-order valence-electron chi connectivity index (χ3n) is 2.45. The van der Waals surface area contributed by atoms with Gasteiger partial charge in [0.15, 0.2) is 0 Å². The number of hydrogen-bond donors (Lipinski definition) is 2. The van der Waals surface area contributed by atoms with E-state index in [1.54, 1.807) is 7.11 Å². The van der Waals surface area contributed by atoms with Gasteiger partial charge in [-0.25, -0.2) is 4.39 Å². The van der Waals surface area contributed by atoms with E-state index < -0.39 is 11.7 Å². The second-order valence-corrected chi connectivity index (χ2v) is 4.38. The average molecular weight is 303 g/mol. The number of ether oxygens (including phenoxy) is 1. The summed E-state index contributed by atoms with van der Waals surface area (Å²) in [5.74, 6) is -1.81. The Hall–Kier alpha value is -1.66. The van der Waals surface area contributed by atoms with Gasteiger partial charge in [-0.2, -0.15) is 0 Å². The third-order valence-corrected chi connectivity index (χ3v) is 2.76. The van der Waals surface area contributed by atoms with Crippen LogP contribution in [0.1, 0.15) is 16.8 Å². The van der Waals surface area contributed by atoms with Crippen LogP contribution < -0.4 is 10.6 Å². The molecule has 1 aromatic rings. The minimum Gasteiger partial charge on any atom is -0.385 e. The summed E-state index contributed by atoms with van der Waals surface area (Å²) in [5.41, 5.74) is -0.263. The summed E-state index contributed by atoms with van der Waals surface area (Å²) in [6.45, 7) is 0.747. The molecule has 2 amide bonds. The lowest BCUT2D eigenvalue weighted by Crippen LogP contribution is -2.37. The minimum atomic E-state index is -0.726. The van der Waals surface area contributed by atoms with Crippen LogP contribution in [0.3, 0.4) is 0 Å². The zero-order valence-corrected chi connectivity index (χ0v) is 11.8. The molecular weight excluding hydrogens is 287 g/mol. The third kappa shape index (κ3) is 5.14. The van der Waals surface area contributed by atoms with E-state index in [-0.39, 0.29) is 23.0 Å². The highest BCUT2D eigenvalue weighted by molar-refractivity contribution is 6.33. The molecule has 0 aliphatic rings. The molecule has 0 saturated heterocycles. The predicted molar refractivity (Wildman–Crippen MR) is 73.2 cm³/mol. The molecule has 0 aliphatic carbocycles. The van der Waals surface area contributed by atoms with Crippen molar-refractivity contribution in [3.8, 4) is 0 Å². The van der Waals surface area contributed by atoms with E-state index in [9.17, 15) is 14.0 Å². The second-order valence-electron chi connectivity index (χ2n) is 3.98. The van der Waals surface area contributed by atoms with Gasteiger partial charge in [-0.1, -0.05) is 17.7 Å². The molecule has 0 unspecified atom stereocenters. The molecular formula is C13H16ClFN2O3. The SMILES string of the molecule is COCCCNC(=O)CNC(=O)c1c(F)cccc1Cl. The first-order valence-corrected chi connectivity index (χ1v) is 6.42. The Morgan fingerprint density at radius 3 is 2.75 bits per heavy atom. The Morgan fingerprint density at radius 1 is 1.35 bits per heavy atom. The molecule has 2 N–H and O–H groups in total. The largest absolute Gasteiger partial charge is 0.385 e. The van der Waals surface area contributed by atoms with Crippen molar-refractivity contribution in [3.05, 3.63) is 34.6 Å². The Morgan fingerprint density at radius 2 is 2.10 bits per heavy atom. The molecule has 20 heavy (non-hydrogen) atoms. The molecule has 110 valence electrons. The molecule has 0 fully saturated rings. The molecule has 0 aliphatic heterocycles. The van der Waals surface area contributed by atoms with Crippen LogP contribution in [0.15, 0.2) is 18.2 Å². The quantitative estimate of drug-likeness (QED) is 0.747. The van der Waals surface area contributed by atoms with Crippen molar-refractivity contribution < 1.29 is 18.7 Å². The first kappa shape index (κ1) is 16.4. The molecule has 0 aromatic heterocycles. The highest BCUT2D eigenvalue weighted by Crippen LogP contribution is 2.18. The van der Waals surface area contributed by atoms with Crippen LogP contribution in [-0.4, -0.2) is 38.6 Å². The maximum Gasteiger partial charge on any atom is 0.256 e. The molecule has 7 heteroatoms. The van der Waals surface area contributed by atoms with E-state index in [0.29, 0.717) is 19.6 Å². The molecule has 0 spiro atoms. The Kier molecular flexibility index (Phi) is 6.97. The van der Waals surface area contributed by atoms with E-state index in [1.807, 2.05) is 0 Å². The molecule has 0 atom stereocenters. The molecule has 5 nitrogen and oxygen atoms in total. The van der Waals surface area contributed by atoms with Crippen LogP contribution in [0, 0.1) is 5.82 Å². The van der Waals surface area contributed by atoms with Crippen molar-refractivity contribution in [1.29, 1.82) is 0 Å². The van der Waals surface area contributed by atoms with Gasteiger partial charge in [0, 0.05) is 20.3 Å². The number of hydrogen-bond acceptors (Lipinski definition) is 3. The summed E-state index contributed by atoms with van der Waals surface area (Å²) in [4.78, 5) is 23.1. The highest BCUT2D eigenvalue weighted by atomic mass is 35.5. The minimum absolute atomic E-state index is 0.00278. The number of halogens is 2. The Labute approximate surface area is 121 Å². The number of methoxy groups -OCH3 is 1. The van der Waals surface area contributed by atoms with Crippen LogP contribution >= 0.6 is 11.6 Å². The van der Waals surface area contributed by atoms with Crippen LogP contribution in [0.5, 0.6) is 0 Å². The standard InChI is InChI=1S/C13H16ClFN2O3/c1-20-7-3-6-16-11(18)8-17-13(19)12-9(14)4-2-5-10(12)15/h2,4-5H,3,6-8H2,1H3,(H,16,18)(H,17,19). The Bertz CT molecular complexity index is 462. The van der Waals surface area contributed by atoms with Gasteiger partial charge in [0.05, 0.1) is 17.1 Å². The van der Waals surface area contributed by atoms with E-state index in [0.717, 1.165) is 6.07 Å². The molecule has 0 heterocycles. The van der Waals surface area contributed by atoms with Crippen LogP contribution in [0.25, 0.3) is 0 Å². The van der Waals surface area contributed by atoms with Gasteiger partial charge >= 0.3 is 0 Å². The smallest absolute Gasteiger partial charge is 0.256 e. The summed E-state index contributed by atoms with van der Waals surface area (Å²) in [7, 11) is 1.57. The summed E-state index contributed by atoms with van der Waals surface area (Å²) in [6.07, 6.45) is 0.676. The van der Waals surface area contributed by atoms with E-state index >= 15 is 0 Å². The van der Waals surface area contributed by atoms with Gasteiger partial charge in [0.2, 0.25) is 5.91 Å². The van der Waals surface area contributed by atoms with Crippen LogP contribution in [0.4, 0.5) is 4.39 Å². The monoisotopic (exact) mass is 302 g/mol. The number of carbonyl (C=O) groups excluding carboxylic acids is 2. The average Bonchev–Trinajstić information content (AvgIpc) is 2.41. The fourth-order valence-corrected chi connectivity index (χ4v) is 1.72. The number of amides is 2. The lowest BCUT2D eigenvalue weighted by atomic mass is 10.2. The molecule has 1 rings (SSSR count). The maximum atomic E-state index is 13.5. The first-order chi connectivity index (χ1) is 9.56. The van der Waals surface area contributed by atoms with Crippen molar-refractivity contribution in [2.75, 3.05) is 26.8 Å². The fourth-order valence-electron chi connectivity index (χ4n) is 1.47. The van der Waals surface area contributed by atoms with Gasteiger partial charge < -0.3 is 15.4 Å². The topological polar surface area (TPSA) is 67.4 Å². The first-order valence-electron chi connectivity index (χ1n) is 6.04. The van der Waals surface area contributed by atoms with Crippen molar-refractivity contribution in [2.24, 2.45) is 0 Å². The van der Waals surface area contributed by atoms with Gasteiger partial charge in [-0.3, -0.25) is 9.59 Å². The number of carbonyl (C=O) groups is 2. The molecule has 1 aromatic carbocycles. The summed E-state index contributed by atoms with van der Waals surface area (Å²) < 4.78 is 18.3. The van der Waals surface area contributed by atoms with Gasteiger partial charge in [0.25, 0.3) is 5.91 Å². The second kappa shape index (κ2) is 8.50. The lowest BCUT2D eigenvalue weighted by Gasteiger charge is -2.08. The van der Waals surface area contributed by atoms with Crippen LogP contribution in [-0.2, 0) is 9.53 Å². The molecule has 0 radical (unpaired) electrons. The summed E-state index contributed by atoms with van der Waals surface area (Å²) in [5, 5.41) is 4.91. The van der Waals surface area contributed by atoms with E-state index in [2.05, 4.69) is 10.6 Å². The molecule has 0 bridgehead atoms. The van der Waals surface area contributed by atoms with Crippen LogP contribution in [0.2, 0.25) is 5.02 Å². The molecule has 0 saturated carbocycles. The van der Waals surface area contributed by atoms with Crippen molar-refractivity contribution in [1.82, 2.24) is 10.6 Å². The summed E-state index contributed by atoms with van der Waals surface area (Å²) >= 11 is 5.74. The zero-order valence-electron chi connectivity index (χ0n) is 11.0. The van der Waals surface area contributed by atoms with Crippen molar-refractivity contribution in [2.45, 2.75) is 6.42 Å². The van der Waals surface area contributed by atoms with Gasteiger partial charge in [0.1, 0.15) is 5.82 Å². The number of benzene rings is 1. The lowest BCUT2D eigenvalue weighted by molar-refractivity contribution is -0.120. The van der Waals surface area contributed by atoms with Crippen molar-refractivity contribution >= 4 is 23.4 Å². The van der Waals surface area contributed by atoms with Gasteiger partial charge in [-0.15, -0.1) is 0 Å². The highest BCUT2D eigenvalue weighted by Gasteiger charge is 2.16. The predicted octanol–water partition coefficient (Wildman–Crippen LogP) is 1.36. The zero-order chi connectivity index (χ0) is 15.0. The number of rotatable bonds is 7. The van der Waals surface area contributed by atoms with Crippen molar-refractivity contribution in [3.63, 3.8) is 0 Å². The normalized spacial score (nSPS) is 10.2.